The number of ether oxygens (including phenoxy) is 5. The number of pyridine rings is 1. The van der Waals surface area contributed by atoms with Crippen LogP contribution in [-0.4, -0.2) is 91.1 Å². The van der Waals surface area contributed by atoms with Crippen LogP contribution in [0, 0.1) is 18.2 Å². The van der Waals surface area contributed by atoms with E-state index in [0.29, 0.717) is 48.1 Å². The molecule has 2 aromatic heterocycles. The monoisotopic (exact) mass is 1100 g/mol. The fourth-order valence-electron chi connectivity index (χ4n) is 11.7. The second-order valence-electron chi connectivity index (χ2n) is 20.7. The highest BCUT2D eigenvalue weighted by molar-refractivity contribution is 6.33. The van der Waals surface area contributed by atoms with E-state index in [0.717, 1.165) is 23.1 Å². The molecule has 78 heavy (non-hydrogen) atoms. The minimum atomic E-state index is -5.06. The van der Waals surface area contributed by atoms with E-state index in [4.69, 9.17) is 45.3 Å². The number of alkyl halides is 5. The average molecular weight is 1100 g/mol. The molecule has 408 valence electrons. The number of aromatic nitrogens is 3. The highest BCUT2D eigenvalue weighted by Crippen LogP contribution is 2.69. The van der Waals surface area contributed by atoms with Crippen LogP contribution in [0.15, 0.2) is 101 Å². The molecule has 2 N–H and O–H groups in total. The number of rotatable bonds is 16. The zero-order valence-electron chi connectivity index (χ0n) is 43.4. The van der Waals surface area contributed by atoms with Gasteiger partial charge in [-0.25, -0.2) is 33.1 Å². The summed E-state index contributed by atoms with van der Waals surface area (Å²) in [4.78, 5) is 27.2. The van der Waals surface area contributed by atoms with Crippen LogP contribution in [0.5, 0.6) is 23.0 Å². The second kappa shape index (κ2) is 20.5. The molecule has 4 atom stereocenters. The number of hydrogen-bond donors (Lipinski definition) is 2. The lowest BCUT2D eigenvalue weighted by atomic mass is 9.89. The highest BCUT2D eigenvalue weighted by atomic mass is 35.5. The van der Waals surface area contributed by atoms with Crippen LogP contribution < -0.4 is 45.1 Å². The van der Waals surface area contributed by atoms with E-state index in [-0.39, 0.29) is 73.4 Å². The molecular weight excluding hydrogens is 1040 g/mol. The standard InChI is InChI=1S/C57H56ClF6N9O5/c1-32-21-41(72(24-35-9-15-38(75-4)16-10-35)25-36-11-17-39(76-5)18-12-36)70-48(44(32)57(62,63)64)42-45(58)49-43-50(68-31-67-49)47(33(2)40-23-65-30-69-52(40)66-22-34-7-13-37(74-3)14-8-34)71-53(78-51(43)46(42)59)77-29-55-19-6-20-73(55)28-54(26-55)27-56(54,60)61/h7-18,21,23,30,33,47,68H,6,19-20,22,24-29,31H2,1-5H3,(H,65,66,69)/t33-,47?,54-,55+/m1/s1. The van der Waals surface area contributed by atoms with Gasteiger partial charge in [0, 0.05) is 50.3 Å². The number of hydrogen-bond acceptors (Lipinski definition) is 14. The van der Waals surface area contributed by atoms with Gasteiger partial charge in [0.05, 0.1) is 70.4 Å². The number of nitrogens with zero attached hydrogens (tertiary/aromatic N) is 7. The third kappa shape index (κ3) is 9.74. The molecule has 3 fully saturated rings. The molecule has 1 saturated carbocycles. The molecule has 4 aromatic carbocycles. The smallest absolute Gasteiger partial charge is 0.418 e. The summed E-state index contributed by atoms with van der Waals surface area (Å²) in [6, 6.07) is 22.3. The van der Waals surface area contributed by atoms with Gasteiger partial charge in [0.1, 0.15) is 54.5 Å². The largest absolute Gasteiger partial charge is 0.497 e. The van der Waals surface area contributed by atoms with Gasteiger partial charge < -0.3 is 39.2 Å². The summed E-state index contributed by atoms with van der Waals surface area (Å²) in [7, 11) is 4.68. The number of fused-ring (bicyclic) bond motifs is 1. The molecule has 0 radical (unpaired) electrons. The van der Waals surface area contributed by atoms with Gasteiger partial charge in [-0.2, -0.15) is 13.2 Å². The number of nitrogens with one attached hydrogen (secondary N) is 2. The predicted molar refractivity (Wildman–Crippen MR) is 281 cm³/mol. The van der Waals surface area contributed by atoms with E-state index in [2.05, 4.69) is 25.6 Å². The predicted octanol–water partition coefficient (Wildman–Crippen LogP) is 9.99. The fourth-order valence-corrected chi connectivity index (χ4v) is 12.0. The van der Waals surface area contributed by atoms with Crippen LogP contribution in [0.25, 0.3) is 17.0 Å². The molecule has 1 aliphatic carbocycles. The normalized spacial score (nSPS) is 21.3. The van der Waals surface area contributed by atoms with Crippen LogP contribution in [0.4, 0.5) is 38.0 Å². The van der Waals surface area contributed by atoms with Gasteiger partial charge in [-0.1, -0.05) is 54.9 Å². The molecule has 1 unspecified atom stereocenters. The van der Waals surface area contributed by atoms with Crippen LogP contribution in [0.2, 0.25) is 5.02 Å². The Labute approximate surface area is 451 Å². The molecule has 14 nitrogen and oxygen atoms in total. The van der Waals surface area contributed by atoms with E-state index in [1.807, 2.05) is 60.4 Å². The summed E-state index contributed by atoms with van der Waals surface area (Å²) in [6.07, 6.45) is -1.20. The topological polar surface area (TPSA) is 140 Å². The SMILES string of the molecule is COc1ccc(CNc2ncncc2[C@@H](C)C2N=C(OC[C@@]34CCCN3C[C@]3(CC3(F)F)C4)Oc3c(F)c(-c4nc(N(Cc5ccc(OC)cc5)Cc5ccc(OC)cc5)cc(C)c4C(F)(F)F)c(Cl)c4c3=C2NCN=4)cc1. The molecule has 5 aliphatic rings. The summed E-state index contributed by atoms with van der Waals surface area (Å²) >= 11 is 7.30. The molecule has 21 heteroatoms. The van der Waals surface area contributed by atoms with Crippen LogP contribution in [0.3, 0.4) is 0 Å². The summed E-state index contributed by atoms with van der Waals surface area (Å²) in [5.41, 5.74) is -1.58. The first kappa shape index (κ1) is 52.7. The Hall–Kier alpha value is -7.32. The molecule has 0 amide bonds. The summed E-state index contributed by atoms with van der Waals surface area (Å²) in [5.74, 6) is -2.84. The first-order valence-corrected chi connectivity index (χ1v) is 25.9. The molecular formula is C57H56ClF6N9O5. The van der Waals surface area contributed by atoms with Crippen molar-refractivity contribution >= 4 is 35.0 Å². The van der Waals surface area contributed by atoms with Crippen molar-refractivity contribution in [2.45, 2.75) is 88.8 Å². The zero-order valence-corrected chi connectivity index (χ0v) is 44.2. The lowest BCUT2D eigenvalue weighted by molar-refractivity contribution is -0.137. The van der Waals surface area contributed by atoms with Crippen LogP contribution in [-0.2, 0) is 30.5 Å². The van der Waals surface area contributed by atoms with Crippen molar-refractivity contribution in [1.29, 1.82) is 0 Å². The Balaban J connectivity index is 1.05. The number of methoxy groups -OCH3 is 3. The van der Waals surface area contributed by atoms with Crippen LogP contribution in [0.1, 0.15) is 71.9 Å². The quantitative estimate of drug-likeness (QED) is 0.0892. The summed E-state index contributed by atoms with van der Waals surface area (Å²) < 4.78 is 125. The number of benzene rings is 4. The van der Waals surface area contributed by atoms with Crippen molar-refractivity contribution < 1.29 is 50.0 Å². The highest BCUT2D eigenvalue weighted by Gasteiger charge is 2.77. The fraction of sp³-hybridized carbons (Fsp3) is 0.386. The number of aryl methyl sites for hydroxylation is 1. The molecule has 2 saturated heterocycles. The van der Waals surface area contributed by atoms with E-state index >= 15 is 26.3 Å². The first-order chi connectivity index (χ1) is 37.4. The maximum atomic E-state index is 18.4. The van der Waals surface area contributed by atoms with E-state index in [1.54, 1.807) is 56.7 Å². The minimum absolute atomic E-state index is 0.0106. The molecule has 6 heterocycles. The lowest BCUT2D eigenvalue weighted by Gasteiger charge is -2.31. The zero-order chi connectivity index (χ0) is 54.7. The Bertz CT molecular complexity index is 3380. The van der Waals surface area contributed by atoms with E-state index in [1.165, 1.54) is 19.3 Å². The van der Waals surface area contributed by atoms with Crippen molar-refractivity contribution in [2.75, 3.05) is 57.9 Å². The third-order valence-corrected chi connectivity index (χ3v) is 16.2. The third-order valence-electron chi connectivity index (χ3n) is 15.8. The van der Waals surface area contributed by atoms with Gasteiger partial charge in [0.25, 0.3) is 5.92 Å². The van der Waals surface area contributed by atoms with Gasteiger partial charge in [-0.3, -0.25) is 9.89 Å². The Morgan fingerprint density at radius 3 is 2.15 bits per heavy atom. The van der Waals surface area contributed by atoms with Gasteiger partial charge in [0.2, 0.25) is 0 Å². The average Bonchev–Trinajstić information content (AvgIpc) is 3.73. The van der Waals surface area contributed by atoms with E-state index < -0.39 is 74.5 Å². The number of anilines is 2. The molecule has 1 spiro atoms. The Morgan fingerprint density at radius 1 is 0.923 bits per heavy atom. The maximum Gasteiger partial charge on any atom is 0.418 e. The number of aliphatic imine (C=N–C) groups is 1. The molecule has 11 rings (SSSR count). The maximum absolute atomic E-state index is 18.4. The molecule has 4 aliphatic heterocycles. The summed E-state index contributed by atoms with van der Waals surface area (Å²) in [5, 5.41) is 6.18. The molecule has 0 bridgehead atoms. The summed E-state index contributed by atoms with van der Waals surface area (Å²) in [6.45, 7) is 4.38. The van der Waals surface area contributed by atoms with E-state index in [9.17, 15) is 0 Å². The van der Waals surface area contributed by atoms with Gasteiger partial charge in [-0.15, -0.1) is 0 Å². The van der Waals surface area contributed by atoms with Gasteiger partial charge in [0.15, 0.2) is 11.6 Å². The number of halogens is 7. The first-order valence-electron chi connectivity index (χ1n) is 25.6. The lowest BCUT2D eigenvalue weighted by Crippen LogP contribution is -2.44. The van der Waals surface area contributed by atoms with Crippen molar-refractivity contribution in [3.05, 3.63) is 146 Å². The van der Waals surface area contributed by atoms with Gasteiger partial charge in [-0.05, 0) is 97.4 Å². The second-order valence-corrected chi connectivity index (χ2v) is 21.0. The minimum Gasteiger partial charge on any atom is -0.497 e. The Kier molecular flexibility index (Phi) is 13.8. The van der Waals surface area contributed by atoms with Crippen molar-refractivity contribution in [3.8, 4) is 34.3 Å². The molecule has 6 aromatic rings. The van der Waals surface area contributed by atoms with Crippen molar-refractivity contribution in [1.82, 2.24) is 25.2 Å². The van der Waals surface area contributed by atoms with Crippen LogP contribution >= 0.6 is 11.6 Å². The Morgan fingerprint density at radius 2 is 1.55 bits per heavy atom. The van der Waals surface area contributed by atoms with Gasteiger partial charge >= 0.3 is 12.3 Å². The van der Waals surface area contributed by atoms with Crippen molar-refractivity contribution in [3.63, 3.8) is 0 Å². The van der Waals surface area contributed by atoms with Crippen molar-refractivity contribution in [2.24, 2.45) is 15.4 Å².